The molecule has 0 atom stereocenters. The van der Waals surface area contributed by atoms with Gasteiger partial charge in [-0.25, -0.2) is 17.6 Å². The molecule has 1 aromatic rings. The normalized spacial score (nSPS) is 15.4. The largest absolute Gasteiger partial charge is 0.463 e. The quantitative estimate of drug-likeness (QED) is 0.799. The second-order valence-electron chi connectivity index (χ2n) is 5.07. The molecule has 2 rings (SSSR count). The summed E-state index contributed by atoms with van der Waals surface area (Å²) in [6.07, 6.45) is -0.399. The molecule has 0 spiro atoms. The van der Waals surface area contributed by atoms with E-state index < -0.39 is 21.8 Å². The zero-order chi connectivity index (χ0) is 17.9. The standard InChI is InChI=1S/C15H15ClFNO5S/c1-2-23-15(20)11-8-10(19)4-6-14(11)24(21,22)18-13-5-3-9(17)7-12(13)16/h3,5,7,18H,2,4,6,8H2,1H3. The molecule has 130 valence electrons. The summed E-state index contributed by atoms with van der Waals surface area (Å²) < 4.78 is 45.3. The zero-order valence-electron chi connectivity index (χ0n) is 12.8. The number of ketones is 1. The molecule has 9 heteroatoms. The Morgan fingerprint density at radius 2 is 2.08 bits per heavy atom. The molecule has 0 saturated carbocycles. The van der Waals surface area contributed by atoms with E-state index in [9.17, 15) is 22.4 Å². The number of nitrogens with one attached hydrogen (secondary N) is 1. The van der Waals surface area contributed by atoms with Gasteiger partial charge in [0.2, 0.25) is 0 Å². The smallest absolute Gasteiger partial charge is 0.335 e. The molecule has 0 saturated heterocycles. The number of carbonyl (C=O) groups excluding carboxylic acids is 2. The summed E-state index contributed by atoms with van der Waals surface area (Å²) in [4.78, 5) is 23.3. The molecule has 0 radical (unpaired) electrons. The Morgan fingerprint density at radius 3 is 2.71 bits per heavy atom. The molecular weight excluding hydrogens is 361 g/mol. The van der Waals surface area contributed by atoms with Crippen molar-refractivity contribution >= 4 is 39.1 Å². The molecule has 0 aliphatic heterocycles. The lowest BCUT2D eigenvalue weighted by Crippen LogP contribution is -2.25. The molecule has 0 bridgehead atoms. The topological polar surface area (TPSA) is 89.5 Å². The third-order valence-corrected chi connectivity index (χ3v) is 5.26. The van der Waals surface area contributed by atoms with Crippen LogP contribution >= 0.6 is 11.6 Å². The Kier molecular flexibility index (Phi) is 5.61. The van der Waals surface area contributed by atoms with Gasteiger partial charge in [0, 0.05) is 12.8 Å². The third kappa shape index (κ3) is 4.12. The van der Waals surface area contributed by atoms with Crippen LogP contribution in [0.25, 0.3) is 0 Å². The minimum Gasteiger partial charge on any atom is -0.463 e. The number of allylic oxidation sites excluding steroid dienone is 1. The van der Waals surface area contributed by atoms with Gasteiger partial charge in [0.25, 0.3) is 10.0 Å². The Labute approximate surface area is 143 Å². The Bertz CT molecular complexity index is 819. The van der Waals surface area contributed by atoms with Gasteiger partial charge in [-0.3, -0.25) is 9.52 Å². The Balaban J connectivity index is 2.42. The minimum absolute atomic E-state index is 0.0102. The molecule has 24 heavy (non-hydrogen) atoms. The number of Topliss-reactive ketones (excluding diaryl/α,β-unsaturated/α-hetero) is 1. The van der Waals surface area contributed by atoms with Crippen molar-refractivity contribution in [2.24, 2.45) is 0 Å². The van der Waals surface area contributed by atoms with Gasteiger partial charge in [-0.2, -0.15) is 0 Å². The number of carbonyl (C=O) groups is 2. The van der Waals surface area contributed by atoms with Gasteiger partial charge in [0.05, 0.1) is 27.8 Å². The molecular formula is C15H15ClFNO5S. The van der Waals surface area contributed by atoms with E-state index in [1.165, 1.54) is 6.07 Å². The highest BCUT2D eigenvalue weighted by Gasteiger charge is 2.32. The van der Waals surface area contributed by atoms with Gasteiger partial charge in [-0.1, -0.05) is 11.6 Å². The monoisotopic (exact) mass is 375 g/mol. The number of anilines is 1. The summed E-state index contributed by atoms with van der Waals surface area (Å²) >= 11 is 5.82. The van der Waals surface area contributed by atoms with Gasteiger partial charge >= 0.3 is 5.97 Å². The fraction of sp³-hybridized carbons (Fsp3) is 0.333. The van der Waals surface area contributed by atoms with Gasteiger partial charge in [-0.15, -0.1) is 0 Å². The molecule has 0 unspecified atom stereocenters. The zero-order valence-corrected chi connectivity index (χ0v) is 14.3. The molecule has 6 nitrogen and oxygen atoms in total. The Morgan fingerprint density at radius 1 is 1.38 bits per heavy atom. The highest BCUT2D eigenvalue weighted by atomic mass is 35.5. The summed E-state index contributed by atoms with van der Waals surface area (Å²) in [6.45, 7) is 1.63. The molecule has 1 aliphatic carbocycles. The first-order chi connectivity index (χ1) is 11.2. The average Bonchev–Trinajstić information content (AvgIpc) is 2.50. The molecule has 0 amide bonds. The maximum absolute atomic E-state index is 13.1. The van der Waals surface area contributed by atoms with E-state index in [1.54, 1.807) is 6.92 Å². The number of esters is 1. The Hall–Kier alpha value is -1.93. The number of rotatable bonds is 5. The van der Waals surface area contributed by atoms with Gasteiger partial charge < -0.3 is 4.74 Å². The number of sulfonamides is 1. The molecule has 0 fully saturated rings. The van der Waals surface area contributed by atoms with Crippen molar-refractivity contribution in [3.63, 3.8) is 0 Å². The number of halogens is 2. The van der Waals surface area contributed by atoms with Crippen molar-refractivity contribution < 1.29 is 27.1 Å². The van der Waals surface area contributed by atoms with E-state index in [4.69, 9.17) is 16.3 Å². The predicted molar refractivity (Wildman–Crippen MR) is 86.5 cm³/mol. The number of hydrogen-bond donors (Lipinski definition) is 1. The second-order valence-corrected chi connectivity index (χ2v) is 7.18. The summed E-state index contributed by atoms with van der Waals surface area (Å²) in [7, 11) is -4.14. The van der Waals surface area contributed by atoms with Crippen LogP contribution in [0.4, 0.5) is 10.1 Å². The number of benzene rings is 1. The van der Waals surface area contributed by atoms with E-state index in [1.807, 2.05) is 0 Å². The molecule has 0 heterocycles. The maximum atomic E-state index is 13.1. The van der Waals surface area contributed by atoms with Crippen molar-refractivity contribution in [3.05, 3.63) is 39.5 Å². The number of hydrogen-bond acceptors (Lipinski definition) is 5. The minimum atomic E-state index is -4.14. The first kappa shape index (κ1) is 18.4. The van der Waals surface area contributed by atoms with Gasteiger partial charge in [-0.05, 0) is 31.5 Å². The first-order valence-electron chi connectivity index (χ1n) is 7.13. The van der Waals surface area contributed by atoms with E-state index in [-0.39, 0.29) is 52.8 Å². The molecule has 1 N–H and O–H groups in total. The van der Waals surface area contributed by atoms with Crippen LogP contribution in [-0.2, 0) is 24.3 Å². The van der Waals surface area contributed by atoms with Crippen molar-refractivity contribution in [3.8, 4) is 0 Å². The molecule has 0 aromatic heterocycles. The van der Waals surface area contributed by atoms with Crippen LogP contribution in [0.15, 0.2) is 28.7 Å². The lowest BCUT2D eigenvalue weighted by atomic mass is 9.98. The summed E-state index contributed by atoms with van der Waals surface area (Å²) in [5.41, 5.74) is -0.204. The molecule has 1 aliphatic rings. The average molecular weight is 376 g/mol. The number of ether oxygens (including phenoxy) is 1. The van der Waals surface area contributed by atoms with Crippen molar-refractivity contribution in [1.29, 1.82) is 0 Å². The lowest BCUT2D eigenvalue weighted by Gasteiger charge is -2.19. The SMILES string of the molecule is CCOC(=O)C1=C(S(=O)(=O)Nc2ccc(F)cc2Cl)CCC(=O)C1. The lowest BCUT2D eigenvalue weighted by molar-refractivity contribution is -0.139. The van der Waals surface area contributed by atoms with Crippen LogP contribution in [0.3, 0.4) is 0 Å². The van der Waals surface area contributed by atoms with Crippen LogP contribution in [0, 0.1) is 5.82 Å². The highest BCUT2D eigenvalue weighted by molar-refractivity contribution is 7.96. The summed E-state index contributed by atoms with van der Waals surface area (Å²) in [5.74, 6) is -1.69. The second kappa shape index (κ2) is 7.31. The van der Waals surface area contributed by atoms with E-state index in [0.717, 1.165) is 12.1 Å². The highest BCUT2D eigenvalue weighted by Crippen LogP contribution is 2.31. The van der Waals surface area contributed by atoms with Gasteiger partial charge in [0.1, 0.15) is 11.6 Å². The third-order valence-electron chi connectivity index (χ3n) is 3.36. The van der Waals surface area contributed by atoms with Gasteiger partial charge in [0.15, 0.2) is 0 Å². The first-order valence-corrected chi connectivity index (χ1v) is 8.99. The van der Waals surface area contributed by atoms with Crippen molar-refractivity contribution in [1.82, 2.24) is 0 Å². The molecule has 1 aromatic carbocycles. The van der Waals surface area contributed by atoms with E-state index >= 15 is 0 Å². The van der Waals surface area contributed by atoms with Crippen LogP contribution < -0.4 is 4.72 Å². The van der Waals surface area contributed by atoms with Crippen molar-refractivity contribution in [2.75, 3.05) is 11.3 Å². The fourth-order valence-electron chi connectivity index (χ4n) is 2.27. The maximum Gasteiger partial charge on any atom is 0.335 e. The van der Waals surface area contributed by atoms with E-state index in [0.29, 0.717) is 0 Å². The van der Waals surface area contributed by atoms with Crippen molar-refractivity contribution in [2.45, 2.75) is 26.2 Å². The summed E-state index contributed by atoms with van der Waals surface area (Å²) in [6, 6.07) is 3.19. The van der Waals surface area contributed by atoms with E-state index in [2.05, 4.69) is 4.72 Å². The predicted octanol–water partition coefficient (Wildman–Crippen LogP) is 2.79. The fourth-order valence-corrected chi connectivity index (χ4v) is 3.98. The summed E-state index contributed by atoms with van der Waals surface area (Å²) in [5, 5.41) is -0.122. The van der Waals surface area contributed by atoms with Crippen LogP contribution in [0.2, 0.25) is 5.02 Å². The van der Waals surface area contributed by atoms with Crippen LogP contribution in [0.5, 0.6) is 0 Å². The van der Waals surface area contributed by atoms with Crippen LogP contribution in [-0.4, -0.2) is 26.8 Å². The van der Waals surface area contributed by atoms with Crippen LogP contribution in [0.1, 0.15) is 26.2 Å².